The van der Waals surface area contributed by atoms with E-state index in [-0.39, 0.29) is 11.5 Å². The van der Waals surface area contributed by atoms with Gasteiger partial charge in [0, 0.05) is 12.1 Å². The molecule has 0 saturated heterocycles. The highest BCUT2D eigenvalue weighted by atomic mass is 19.2. The standard InChI is InChI=1S/C11H13F2NO/c1-2-3-6-14-11(15)8-4-5-9(12)10(13)7-8/h4-5,7H,2-3,6H2,1H3,(H,14,15). The van der Waals surface area contributed by atoms with Crippen molar-refractivity contribution in [1.29, 1.82) is 0 Å². The van der Waals surface area contributed by atoms with Crippen molar-refractivity contribution >= 4 is 5.91 Å². The van der Waals surface area contributed by atoms with E-state index in [9.17, 15) is 13.6 Å². The highest BCUT2D eigenvalue weighted by molar-refractivity contribution is 5.94. The van der Waals surface area contributed by atoms with Crippen LogP contribution in [-0.2, 0) is 0 Å². The second-order valence-corrected chi connectivity index (χ2v) is 3.24. The molecular weight excluding hydrogens is 200 g/mol. The van der Waals surface area contributed by atoms with Crippen LogP contribution < -0.4 is 5.32 Å². The second-order valence-electron chi connectivity index (χ2n) is 3.24. The van der Waals surface area contributed by atoms with Gasteiger partial charge in [0.1, 0.15) is 0 Å². The summed E-state index contributed by atoms with van der Waals surface area (Å²) >= 11 is 0. The Balaban J connectivity index is 2.62. The van der Waals surface area contributed by atoms with Crippen molar-refractivity contribution < 1.29 is 13.6 Å². The molecule has 0 aromatic heterocycles. The molecule has 0 spiro atoms. The number of halogens is 2. The maximum absolute atomic E-state index is 12.8. The molecule has 0 radical (unpaired) electrons. The van der Waals surface area contributed by atoms with Crippen molar-refractivity contribution in [3.05, 3.63) is 35.4 Å². The highest BCUT2D eigenvalue weighted by Crippen LogP contribution is 2.08. The van der Waals surface area contributed by atoms with Crippen molar-refractivity contribution in [2.45, 2.75) is 19.8 Å². The molecule has 0 bridgehead atoms. The van der Waals surface area contributed by atoms with Crippen LogP contribution in [0.1, 0.15) is 30.1 Å². The lowest BCUT2D eigenvalue weighted by molar-refractivity contribution is 0.0952. The Labute approximate surface area is 87.3 Å². The third-order valence-corrected chi connectivity index (χ3v) is 2.00. The minimum atomic E-state index is -1.00. The number of rotatable bonds is 4. The zero-order chi connectivity index (χ0) is 11.3. The molecule has 4 heteroatoms. The lowest BCUT2D eigenvalue weighted by atomic mass is 10.2. The third kappa shape index (κ3) is 3.31. The lowest BCUT2D eigenvalue weighted by Crippen LogP contribution is -2.24. The Morgan fingerprint density at radius 1 is 1.33 bits per heavy atom. The molecule has 0 heterocycles. The van der Waals surface area contributed by atoms with Gasteiger partial charge in [-0.3, -0.25) is 4.79 Å². The Bertz CT molecular complexity index is 352. The number of benzene rings is 1. The summed E-state index contributed by atoms with van der Waals surface area (Å²) < 4.78 is 25.3. The first-order chi connectivity index (χ1) is 7.15. The number of unbranched alkanes of at least 4 members (excludes halogenated alkanes) is 1. The van der Waals surface area contributed by atoms with Gasteiger partial charge in [-0.05, 0) is 24.6 Å². The summed E-state index contributed by atoms with van der Waals surface area (Å²) in [5, 5.41) is 2.62. The first-order valence-electron chi connectivity index (χ1n) is 4.88. The van der Waals surface area contributed by atoms with Crippen molar-refractivity contribution in [2.75, 3.05) is 6.54 Å². The topological polar surface area (TPSA) is 29.1 Å². The van der Waals surface area contributed by atoms with Crippen LogP contribution in [0.4, 0.5) is 8.78 Å². The minimum absolute atomic E-state index is 0.144. The van der Waals surface area contributed by atoms with Gasteiger partial charge in [-0.15, -0.1) is 0 Å². The number of carbonyl (C=O) groups excluding carboxylic acids is 1. The van der Waals surface area contributed by atoms with Crippen molar-refractivity contribution in [2.24, 2.45) is 0 Å². The summed E-state index contributed by atoms with van der Waals surface area (Å²) in [5.41, 5.74) is 0.144. The summed E-state index contributed by atoms with van der Waals surface area (Å²) in [4.78, 5) is 11.4. The molecule has 82 valence electrons. The van der Waals surface area contributed by atoms with Gasteiger partial charge in [0.05, 0.1) is 0 Å². The van der Waals surface area contributed by atoms with Crippen LogP contribution in [0.25, 0.3) is 0 Å². The zero-order valence-electron chi connectivity index (χ0n) is 8.52. The molecule has 0 fully saturated rings. The van der Waals surface area contributed by atoms with Crippen LogP contribution in [-0.4, -0.2) is 12.5 Å². The van der Waals surface area contributed by atoms with Crippen LogP contribution in [0.3, 0.4) is 0 Å². The molecule has 0 aliphatic heterocycles. The maximum Gasteiger partial charge on any atom is 0.251 e. The largest absolute Gasteiger partial charge is 0.352 e. The summed E-state index contributed by atoms with van der Waals surface area (Å²) in [6.07, 6.45) is 1.84. The van der Waals surface area contributed by atoms with Gasteiger partial charge in [0.15, 0.2) is 11.6 Å². The molecule has 0 unspecified atom stereocenters. The van der Waals surface area contributed by atoms with Gasteiger partial charge >= 0.3 is 0 Å². The van der Waals surface area contributed by atoms with Gasteiger partial charge in [-0.1, -0.05) is 13.3 Å². The fourth-order valence-corrected chi connectivity index (χ4v) is 1.12. The number of carbonyl (C=O) groups is 1. The van der Waals surface area contributed by atoms with E-state index in [0.717, 1.165) is 25.0 Å². The number of amides is 1. The van der Waals surface area contributed by atoms with E-state index in [0.29, 0.717) is 6.54 Å². The number of nitrogens with one attached hydrogen (secondary N) is 1. The van der Waals surface area contributed by atoms with E-state index in [2.05, 4.69) is 5.32 Å². The molecule has 1 aromatic rings. The molecule has 1 amide bonds. The highest BCUT2D eigenvalue weighted by Gasteiger charge is 2.08. The van der Waals surface area contributed by atoms with Gasteiger partial charge < -0.3 is 5.32 Å². The van der Waals surface area contributed by atoms with Crippen LogP contribution in [0.5, 0.6) is 0 Å². The maximum atomic E-state index is 12.8. The van der Waals surface area contributed by atoms with Crippen molar-refractivity contribution in [3.8, 4) is 0 Å². The van der Waals surface area contributed by atoms with E-state index in [4.69, 9.17) is 0 Å². The summed E-state index contributed by atoms with van der Waals surface area (Å²) in [6, 6.07) is 3.11. The summed E-state index contributed by atoms with van der Waals surface area (Å²) in [7, 11) is 0. The summed E-state index contributed by atoms with van der Waals surface area (Å²) in [6.45, 7) is 2.55. The minimum Gasteiger partial charge on any atom is -0.352 e. The predicted molar refractivity (Wildman–Crippen MR) is 53.6 cm³/mol. The van der Waals surface area contributed by atoms with Gasteiger partial charge in [-0.2, -0.15) is 0 Å². The van der Waals surface area contributed by atoms with Crippen LogP contribution in [0.2, 0.25) is 0 Å². The van der Waals surface area contributed by atoms with Gasteiger partial charge in [0.2, 0.25) is 0 Å². The van der Waals surface area contributed by atoms with Crippen LogP contribution in [0, 0.1) is 11.6 Å². The number of hydrogen-bond acceptors (Lipinski definition) is 1. The fraction of sp³-hybridized carbons (Fsp3) is 0.364. The van der Waals surface area contributed by atoms with E-state index in [1.54, 1.807) is 0 Å². The summed E-state index contributed by atoms with van der Waals surface area (Å²) in [5.74, 6) is -2.32. The average molecular weight is 213 g/mol. The second kappa shape index (κ2) is 5.44. The van der Waals surface area contributed by atoms with E-state index >= 15 is 0 Å². The smallest absolute Gasteiger partial charge is 0.251 e. The molecule has 1 aromatic carbocycles. The lowest BCUT2D eigenvalue weighted by Gasteiger charge is -2.04. The van der Waals surface area contributed by atoms with Crippen molar-refractivity contribution in [1.82, 2.24) is 5.32 Å². The van der Waals surface area contributed by atoms with E-state index in [1.807, 2.05) is 6.92 Å². The fourth-order valence-electron chi connectivity index (χ4n) is 1.12. The molecule has 1 N–H and O–H groups in total. The molecule has 0 atom stereocenters. The van der Waals surface area contributed by atoms with Crippen LogP contribution >= 0.6 is 0 Å². The molecule has 1 rings (SSSR count). The monoisotopic (exact) mass is 213 g/mol. The molecule has 15 heavy (non-hydrogen) atoms. The zero-order valence-corrected chi connectivity index (χ0v) is 8.52. The molecule has 0 aliphatic carbocycles. The quantitative estimate of drug-likeness (QED) is 0.765. The van der Waals surface area contributed by atoms with E-state index in [1.165, 1.54) is 6.07 Å². The van der Waals surface area contributed by atoms with Crippen molar-refractivity contribution in [3.63, 3.8) is 0 Å². The van der Waals surface area contributed by atoms with E-state index < -0.39 is 11.6 Å². The first-order valence-corrected chi connectivity index (χ1v) is 4.88. The first kappa shape index (κ1) is 11.6. The average Bonchev–Trinajstić information content (AvgIpc) is 2.22. The third-order valence-electron chi connectivity index (χ3n) is 2.00. The molecule has 0 aliphatic rings. The SMILES string of the molecule is CCCCNC(=O)c1ccc(F)c(F)c1. The molecule has 0 saturated carbocycles. The predicted octanol–water partition coefficient (Wildman–Crippen LogP) is 2.49. The molecule has 2 nitrogen and oxygen atoms in total. The Kier molecular flexibility index (Phi) is 4.21. The normalized spacial score (nSPS) is 10.1. The van der Waals surface area contributed by atoms with Gasteiger partial charge in [0.25, 0.3) is 5.91 Å². The Morgan fingerprint density at radius 3 is 2.67 bits per heavy atom. The van der Waals surface area contributed by atoms with Crippen LogP contribution in [0.15, 0.2) is 18.2 Å². The Hall–Kier alpha value is -1.45. The van der Waals surface area contributed by atoms with Gasteiger partial charge in [-0.25, -0.2) is 8.78 Å². The molecular formula is C11H13F2NO. The number of hydrogen-bond donors (Lipinski definition) is 1. The Morgan fingerprint density at radius 2 is 2.07 bits per heavy atom.